The molecular weight excluding hydrogens is 312 g/mol. The third-order valence-corrected chi connectivity index (χ3v) is 6.71. The van der Waals surface area contributed by atoms with Gasteiger partial charge >= 0.3 is 0 Å². The second kappa shape index (κ2) is 9.09. The number of hydrogen-bond donors (Lipinski definition) is 0. The van der Waals surface area contributed by atoms with E-state index in [9.17, 15) is 0 Å². The highest BCUT2D eigenvalue weighted by Gasteiger charge is 2.30. The number of rotatable bonds is 5. The molecule has 0 heterocycles. The molecule has 2 aliphatic carbocycles. The molecule has 24 heavy (non-hydrogen) atoms. The lowest BCUT2D eigenvalue weighted by atomic mass is 9.68. The maximum Gasteiger partial charge on any atom is 0.0406 e. The van der Waals surface area contributed by atoms with Crippen LogP contribution in [-0.2, 0) is 0 Å². The fourth-order valence-electron chi connectivity index (χ4n) is 4.92. The van der Waals surface area contributed by atoms with Gasteiger partial charge in [0.1, 0.15) is 0 Å². The lowest BCUT2D eigenvalue weighted by Crippen LogP contribution is -2.25. The topological polar surface area (TPSA) is 0 Å². The van der Waals surface area contributed by atoms with E-state index in [0.717, 1.165) is 28.7 Å². The van der Waals surface area contributed by atoms with Crippen LogP contribution < -0.4 is 0 Å². The van der Waals surface area contributed by atoms with E-state index < -0.39 is 0 Å². The molecular formula is C23H33Cl. The number of hydrogen-bond acceptors (Lipinski definition) is 0. The Bertz CT molecular complexity index is 499. The molecule has 2 fully saturated rings. The molecule has 0 aromatic heterocycles. The Balaban J connectivity index is 1.43. The van der Waals surface area contributed by atoms with Crippen molar-refractivity contribution in [3.05, 3.63) is 47.0 Å². The summed E-state index contributed by atoms with van der Waals surface area (Å²) in [5.41, 5.74) is 1.50. The quantitative estimate of drug-likeness (QED) is 0.478. The molecule has 0 nitrogen and oxygen atoms in total. The summed E-state index contributed by atoms with van der Waals surface area (Å²) in [6, 6.07) is 8.58. The molecule has 1 heteroatoms. The zero-order valence-electron chi connectivity index (χ0n) is 15.2. The average molecular weight is 345 g/mol. The molecule has 0 saturated heterocycles. The van der Waals surface area contributed by atoms with Crippen LogP contribution in [0, 0.1) is 17.8 Å². The van der Waals surface area contributed by atoms with E-state index in [1.807, 2.05) is 0 Å². The van der Waals surface area contributed by atoms with Gasteiger partial charge < -0.3 is 0 Å². The fraction of sp³-hybridized carbons (Fsp3) is 0.652. The van der Waals surface area contributed by atoms with Crippen LogP contribution >= 0.6 is 11.6 Å². The van der Waals surface area contributed by atoms with E-state index in [4.69, 9.17) is 11.6 Å². The Hall–Kier alpha value is -0.750. The summed E-state index contributed by atoms with van der Waals surface area (Å²) in [7, 11) is 0. The molecule has 0 radical (unpaired) electrons. The molecule has 0 N–H and O–H groups in total. The van der Waals surface area contributed by atoms with Gasteiger partial charge in [-0.3, -0.25) is 0 Å². The summed E-state index contributed by atoms with van der Waals surface area (Å²) in [4.78, 5) is 0. The van der Waals surface area contributed by atoms with E-state index in [-0.39, 0.29) is 0 Å². The SMILES string of the molecule is CCCC=C[C@H]1CC[C@H]([C@H]2CC[C@H](c3ccc(Cl)cc3)CC2)CC1. The largest absolute Gasteiger partial charge is 0.0883 e. The minimum absolute atomic E-state index is 0.770. The fourth-order valence-corrected chi connectivity index (χ4v) is 5.05. The molecule has 132 valence electrons. The van der Waals surface area contributed by atoms with Crippen molar-refractivity contribution in [1.29, 1.82) is 0 Å². The number of unbranched alkanes of at least 4 members (excludes halogenated alkanes) is 1. The van der Waals surface area contributed by atoms with E-state index in [0.29, 0.717) is 0 Å². The zero-order valence-corrected chi connectivity index (χ0v) is 16.0. The normalized spacial score (nSPS) is 31.4. The Labute approximate surface area is 153 Å². The molecule has 0 spiro atoms. The zero-order chi connectivity index (χ0) is 16.8. The Kier molecular flexibility index (Phi) is 6.84. The minimum atomic E-state index is 0.770. The van der Waals surface area contributed by atoms with Gasteiger partial charge in [0.15, 0.2) is 0 Å². The molecule has 1 aromatic rings. The van der Waals surface area contributed by atoms with E-state index in [2.05, 4.69) is 43.3 Å². The van der Waals surface area contributed by atoms with Crippen LogP contribution in [0.4, 0.5) is 0 Å². The second-order valence-corrected chi connectivity index (χ2v) is 8.49. The van der Waals surface area contributed by atoms with Crippen LogP contribution in [-0.4, -0.2) is 0 Å². The standard InChI is InChI=1S/C23H33Cl/c1-2-3-4-5-18-6-8-19(9-7-18)20-10-12-21(13-11-20)22-14-16-23(24)17-15-22/h4-5,14-21H,2-3,6-13H2,1H3/t18-,19-,20-,21-. The van der Waals surface area contributed by atoms with Gasteiger partial charge in [-0.25, -0.2) is 0 Å². The predicted octanol–water partition coefficient (Wildman–Crippen LogP) is 7.78. The van der Waals surface area contributed by atoms with Gasteiger partial charge in [-0.05, 0) is 99.2 Å². The third-order valence-electron chi connectivity index (χ3n) is 6.46. The van der Waals surface area contributed by atoms with Crippen molar-refractivity contribution in [2.75, 3.05) is 0 Å². The van der Waals surface area contributed by atoms with Crippen LogP contribution in [0.25, 0.3) is 0 Å². The lowest BCUT2D eigenvalue weighted by molar-refractivity contribution is 0.171. The van der Waals surface area contributed by atoms with Crippen LogP contribution in [0.3, 0.4) is 0 Å². The summed E-state index contributed by atoms with van der Waals surface area (Å²) in [6.07, 6.45) is 18.9. The van der Waals surface area contributed by atoms with Crippen LogP contribution in [0.15, 0.2) is 36.4 Å². The highest BCUT2D eigenvalue weighted by molar-refractivity contribution is 6.30. The van der Waals surface area contributed by atoms with Gasteiger partial charge in [-0.2, -0.15) is 0 Å². The molecule has 0 aliphatic heterocycles. The van der Waals surface area contributed by atoms with Crippen molar-refractivity contribution in [3.8, 4) is 0 Å². The summed E-state index contributed by atoms with van der Waals surface area (Å²) >= 11 is 6.02. The Morgan fingerprint density at radius 2 is 1.46 bits per heavy atom. The van der Waals surface area contributed by atoms with Crippen LogP contribution in [0.1, 0.15) is 82.6 Å². The van der Waals surface area contributed by atoms with Crippen LogP contribution in [0.2, 0.25) is 5.02 Å². The van der Waals surface area contributed by atoms with Gasteiger partial charge in [0.25, 0.3) is 0 Å². The molecule has 3 rings (SSSR count). The van der Waals surface area contributed by atoms with E-state index >= 15 is 0 Å². The first-order valence-corrected chi connectivity index (χ1v) is 10.6. The average Bonchev–Trinajstić information content (AvgIpc) is 2.63. The van der Waals surface area contributed by atoms with Crippen molar-refractivity contribution in [2.45, 2.75) is 77.0 Å². The first kappa shape index (κ1) is 18.1. The van der Waals surface area contributed by atoms with Crippen LogP contribution in [0.5, 0.6) is 0 Å². The van der Waals surface area contributed by atoms with Crippen molar-refractivity contribution in [1.82, 2.24) is 0 Å². The monoisotopic (exact) mass is 344 g/mol. The van der Waals surface area contributed by atoms with Gasteiger partial charge in [0.2, 0.25) is 0 Å². The van der Waals surface area contributed by atoms with Gasteiger partial charge in [0, 0.05) is 5.02 Å². The maximum atomic E-state index is 6.02. The molecule has 0 unspecified atom stereocenters. The molecule has 2 aliphatic rings. The highest BCUT2D eigenvalue weighted by atomic mass is 35.5. The molecule has 0 atom stereocenters. The molecule has 0 bridgehead atoms. The van der Waals surface area contributed by atoms with Crippen molar-refractivity contribution in [3.63, 3.8) is 0 Å². The Morgan fingerprint density at radius 1 is 0.875 bits per heavy atom. The van der Waals surface area contributed by atoms with Crippen molar-refractivity contribution in [2.24, 2.45) is 17.8 Å². The predicted molar refractivity (Wildman–Crippen MR) is 106 cm³/mol. The van der Waals surface area contributed by atoms with Gasteiger partial charge in [0.05, 0.1) is 0 Å². The lowest BCUT2D eigenvalue weighted by Gasteiger charge is -2.37. The number of benzene rings is 1. The number of halogens is 1. The summed E-state index contributed by atoms with van der Waals surface area (Å²) in [5.74, 6) is 3.64. The minimum Gasteiger partial charge on any atom is -0.0883 e. The maximum absolute atomic E-state index is 6.02. The summed E-state index contributed by atoms with van der Waals surface area (Å²) < 4.78 is 0. The first-order chi connectivity index (χ1) is 11.8. The molecule has 1 aromatic carbocycles. The van der Waals surface area contributed by atoms with Crippen molar-refractivity contribution >= 4 is 11.6 Å². The van der Waals surface area contributed by atoms with Gasteiger partial charge in [-0.1, -0.05) is 49.2 Å². The smallest absolute Gasteiger partial charge is 0.0406 e. The summed E-state index contributed by atoms with van der Waals surface area (Å²) in [5, 5.41) is 0.859. The highest BCUT2D eigenvalue weighted by Crippen LogP contribution is 2.44. The third kappa shape index (κ3) is 4.88. The molecule has 0 amide bonds. The van der Waals surface area contributed by atoms with E-state index in [1.165, 1.54) is 69.8 Å². The van der Waals surface area contributed by atoms with Crippen molar-refractivity contribution < 1.29 is 0 Å². The molecule has 2 saturated carbocycles. The second-order valence-electron chi connectivity index (χ2n) is 8.05. The van der Waals surface area contributed by atoms with E-state index in [1.54, 1.807) is 0 Å². The summed E-state index contributed by atoms with van der Waals surface area (Å²) in [6.45, 7) is 2.27. The van der Waals surface area contributed by atoms with Gasteiger partial charge in [-0.15, -0.1) is 0 Å². The first-order valence-electron chi connectivity index (χ1n) is 10.2. The Morgan fingerprint density at radius 3 is 2.04 bits per heavy atom. The number of allylic oxidation sites excluding steroid dienone is 2.